The number of halogens is 1. The molecule has 0 unspecified atom stereocenters. The normalized spacial score (nSPS) is 10.0. The predicted octanol–water partition coefficient (Wildman–Crippen LogP) is 2.07. The van der Waals surface area contributed by atoms with E-state index in [-0.39, 0.29) is 5.56 Å². The number of methoxy groups -OCH3 is 1. The third kappa shape index (κ3) is 2.28. The first kappa shape index (κ1) is 11.2. The van der Waals surface area contributed by atoms with Crippen molar-refractivity contribution in [2.24, 2.45) is 0 Å². The second kappa shape index (κ2) is 4.69. The third-order valence-electron chi connectivity index (χ3n) is 2.22. The van der Waals surface area contributed by atoms with Gasteiger partial charge in [-0.15, -0.1) is 0 Å². The molecule has 0 bridgehead atoms. The van der Waals surface area contributed by atoms with Crippen molar-refractivity contribution in [3.05, 3.63) is 48.2 Å². The Morgan fingerprint density at radius 2 is 2.24 bits per heavy atom. The largest absolute Gasteiger partial charge is 0.465 e. The monoisotopic (exact) mass is 232 g/mol. The molecule has 86 valence electrons. The van der Waals surface area contributed by atoms with Gasteiger partial charge in [-0.25, -0.2) is 9.18 Å². The number of pyridine rings is 2. The lowest BCUT2D eigenvalue weighted by Crippen LogP contribution is -2.05. The van der Waals surface area contributed by atoms with Crippen LogP contribution >= 0.6 is 0 Å². The van der Waals surface area contributed by atoms with E-state index >= 15 is 0 Å². The summed E-state index contributed by atoms with van der Waals surface area (Å²) >= 11 is 0. The van der Waals surface area contributed by atoms with E-state index in [2.05, 4.69) is 14.7 Å². The zero-order valence-electron chi connectivity index (χ0n) is 9.05. The summed E-state index contributed by atoms with van der Waals surface area (Å²) in [6.07, 6.45) is 4.20. The molecule has 0 amide bonds. The minimum Gasteiger partial charge on any atom is -0.465 e. The third-order valence-corrected chi connectivity index (χ3v) is 2.22. The van der Waals surface area contributed by atoms with Crippen LogP contribution in [0.1, 0.15) is 10.4 Å². The van der Waals surface area contributed by atoms with Crippen LogP contribution < -0.4 is 0 Å². The smallest absolute Gasteiger partial charge is 0.340 e. The van der Waals surface area contributed by atoms with Crippen LogP contribution in [0.3, 0.4) is 0 Å². The van der Waals surface area contributed by atoms with E-state index in [1.807, 2.05) is 0 Å². The maximum atomic E-state index is 13.3. The Bertz CT molecular complexity index is 543. The molecule has 0 aromatic carbocycles. The highest BCUT2D eigenvalue weighted by Crippen LogP contribution is 2.18. The zero-order valence-corrected chi connectivity index (χ0v) is 9.05. The molecule has 0 spiro atoms. The van der Waals surface area contributed by atoms with Crippen molar-refractivity contribution in [2.75, 3.05) is 7.11 Å². The van der Waals surface area contributed by atoms with Crippen molar-refractivity contribution in [3.8, 4) is 11.3 Å². The second-order valence-electron chi connectivity index (χ2n) is 3.28. The van der Waals surface area contributed by atoms with Crippen LogP contribution in [0.15, 0.2) is 36.8 Å². The number of hydrogen-bond acceptors (Lipinski definition) is 4. The van der Waals surface area contributed by atoms with Crippen LogP contribution in [0.5, 0.6) is 0 Å². The SMILES string of the molecule is COC(=O)c1cc(-c2cccnc2)ncc1F. The van der Waals surface area contributed by atoms with Gasteiger partial charge in [0.15, 0.2) is 5.82 Å². The van der Waals surface area contributed by atoms with Crippen LogP contribution in [-0.4, -0.2) is 23.0 Å². The standard InChI is InChI=1S/C12H9FN2O2/c1-17-12(16)9-5-11(15-7-10(9)13)8-3-2-4-14-6-8/h2-7H,1H3. The maximum absolute atomic E-state index is 13.3. The second-order valence-corrected chi connectivity index (χ2v) is 3.28. The van der Waals surface area contributed by atoms with Gasteiger partial charge in [-0.1, -0.05) is 0 Å². The molecule has 2 aromatic heterocycles. The minimum atomic E-state index is -0.727. The number of carbonyl (C=O) groups excluding carboxylic acids is 1. The van der Waals surface area contributed by atoms with Crippen LogP contribution in [-0.2, 0) is 4.74 Å². The average molecular weight is 232 g/mol. The van der Waals surface area contributed by atoms with Crippen molar-refractivity contribution >= 4 is 5.97 Å². The van der Waals surface area contributed by atoms with E-state index in [1.54, 1.807) is 24.5 Å². The van der Waals surface area contributed by atoms with Crippen LogP contribution in [0, 0.1) is 5.82 Å². The quantitative estimate of drug-likeness (QED) is 0.744. The predicted molar refractivity (Wildman–Crippen MR) is 58.8 cm³/mol. The Morgan fingerprint density at radius 3 is 2.88 bits per heavy atom. The fourth-order valence-corrected chi connectivity index (χ4v) is 1.38. The van der Waals surface area contributed by atoms with Gasteiger partial charge in [0.25, 0.3) is 0 Å². The highest BCUT2D eigenvalue weighted by atomic mass is 19.1. The van der Waals surface area contributed by atoms with Crippen LogP contribution in [0.25, 0.3) is 11.3 Å². The summed E-state index contributed by atoms with van der Waals surface area (Å²) in [6.45, 7) is 0. The van der Waals surface area contributed by atoms with Gasteiger partial charge in [0.2, 0.25) is 0 Å². The molecule has 0 atom stereocenters. The summed E-state index contributed by atoms with van der Waals surface area (Å²) in [5.74, 6) is -1.43. The number of nitrogens with zero attached hydrogens (tertiary/aromatic N) is 2. The lowest BCUT2D eigenvalue weighted by atomic mass is 10.1. The Balaban J connectivity index is 2.48. The summed E-state index contributed by atoms with van der Waals surface area (Å²) in [6, 6.07) is 4.85. The summed E-state index contributed by atoms with van der Waals surface area (Å²) in [5.41, 5.74) is 1.04. The van der Waals surface area contributed by atoms with Crippen molar-refractivity contribution in [2.45, 2.75) is 0 Å². The Labute approximate surface area is 97.1 Å². The summed E-state index contributed by atoms with van der Waals surface area (Å²) in [7, 11) is 1.20. The maximum Gasteiger partial charge on any atom is 0.340 e. The van der Waals surface area contributed by atoms with Crippen LogP contribution in [0.2, 0.25) is 0 Å². The molecule has 0 N–H and O–H groups in total. The lowest BCUT2D eigenvalue weighted by molar-refractivity contribution is 0.0595. The van der Waals surface area contributed by atoms with E-state index in [0.29, 0.717) is 11.3 Å². The van der Waals surface area contributed by atoms with E-state index < -0.39 is 11.8 Å². The summed E-state index contributed by atoms with van der Waals surface area (Å²) in [5, 5.41) is 0. The summed E-state index contributed by atoms with van der Waals surface area (Å²) < 4.78 is 17.8. The molecule has 17 heavy (non-hydrogen) atoms. The molecule has 5 heteroatoms. The molecule has 4 nitrogen and oxygen atoms in total. The first-order valence-electron chi connectivity index (χ1n) is 4.86. The van der Waals surface area contributed by atoms with E-state index in [0.717, 1.165) is 6.20 Å². The van der Waals surface area contributed by atoms with Gasteiger partial charge in [0, 0.05) is 18.0 Å². The molecule has 2 heterocycles. The first-order valence-corrected chi connectivity index (χ1v) is 4.86. The number of hydrogen-bond donors (Lipinski definition) is 0. The van der Waals surface area contributed by atoms with Crippen molar-refractivity contribution < 1.29 is 13.9 Å². The Hall–Kier alpha value is -2.30. The van der Waals surface area contributed by atoms with Gasteiger partial charge >= 0.3 is 5.97 Å². The van der Waals surface area contributed by atoms with E-state index in [9.17, 15) is 9.18 Å². The van der Waals surface area contributed by atoms with Crippen LogP contribution in [0.4, 0.5) is 4.39 Å². The number of esters is 1. The lowest BCUT2D eigenvalue weighted by Gasteiger charge is -2.04. The number of ether oxygens (including phenoxy) is 1. The highest BCUT2D eigenvalue weighted by molar-refractivity contribution is 5.90. The molecule has 0 aliphatic carbocycles. The molecule has 0 aliphatic rings. The summed E-state index contributed by atoms with van der Waals surface area (Å²) in [4.78, 5) is 19.1. The number of rotatable bonds is 2. The number of carbonyl (C=O) groups is 1. The van der Waals surface area contributed by atoms with Gasteiger partial charge in [-0.05, 0) is 18.2 Å². The fraction of sp³-hybridized carbons (Fsp3) is 0.0833. The van der Waals surface area contributed by atoms with E-state index in [4.69, 9.17) is 0 Å². The molecular formula is C12H9FN2O2. The fourth-order valence-electron chi connectivity index (χ4n) is 1.38. The molecule has 2 rings (SSSR count). The Morgan fingerprint density at radius 1 is 1.41 bits per heavy atom. The highest BCUT2D eigenvalue weighted by Gasteiger charge is 2.14. The van der Waals surface area contributed by atoms with Gasteiger partial charge < -0.3 is 4.74 Å². The zero-order chi connectivity index (χ0) is 12.3. The molecular weight excluding hydrogens is 223 g/mol. The Kier molecular flexibility index (Phi) is 3.09. The van der Waals surface area contributed by atoms with Gasteiger partial charge in [0.05, 0.1) is 24.6 Å². The molecule has 0 saturated carbocycles. The molecule has 0 fully saturated rings. The van der Waals surface area contributed by atoms with Gasteiger partial charge in [-0.2, -0.15) is 0 Å². The van der Waals surface area contributed by atoms with Crippen molar-refractivity contribution in [1.82, 2.24) is 9.97 Å². The van der Waals surface area contributed by atoms with Crippen molar-refractivity contribution in [1.29, 1.82) is 0 Å². The van der Waals surface area contributed by atoms with E-state index in [1.165, 1.54) is 13.2 Å². The minimum absolute atomic E-state index is 0.138. The average Bonchev–Trinajstić information content (AvgIpc) is 2.39. The molecule has 0 aliphatic heterocycles. The molecule has 0 saturated heterocycles. The molecule has 2 aromatic rings. The number of aromatic nitrogens is 2. The van der Waals surface area contributed by atoms with Gasteiger partial charge in [-0.3, -0.25) is 9.97 Å². The van der Waals surface area contributed by atoms with Gasteiger partial charge in [0.1, 0.15) is 0 Å². The topological polar surface area (TPSA) is 52.1 Å². The molecule has 0 radical (unpaired) electrons. The first-order chi connectivity index (χ1) is 8.22. The van der Waals surface area contributed by atoms with Crippen molar-refractivity contribution in [3.63, 3.8) is 0 Å².